The fourth-order valence-corrected chi connectivity index (χ4v) is 2.55. The molecule has 24 heavy (non-hydrogen) atoms. The van der Waals surface area contributed by atoms with E-state index in [2.05, 4.69) is 15.1 Å². The van der Waals surface area contributed by atoms with Crippen molar-refractivity contribution >= 4 is 17.3 Å². The molecule has 124 valence electrons. The van der Waals surface area contributed by atoms with Crippen molar-refractivity contribution in [3.63, 3.8) is 0 Å². The molecule has 2 aromatic heterocycles. The van der Waals surface area contributed by atoms with Gasteiger partial charge in [-0.15, -0.1) is 11.3 Å². The highest BCUT2D eigenvalue weighted by atomic mass is 32.1. The van der Waals surface area contributed by atoms with Crippen LogP contribution in [0.3, 0.4) is 0 Å². The summed E-state index contributed by atoms with van der Waals surface area (Å²) in [6.45, 7) is 3.92. The van der Waals surface area contributed by atoms with Crippen molar-refractivity contribution in [2.45, 2.75) is 27.1 Å². The quantitative estimate of drug-likeness (QED) is 0.634. The standard InChI is InChI=1S/C16H15N3O4S/c1-10-17-15(23-19-10)8-22-16(20)12-4-3-5-14(6-12)21-7-13-9-24-11(2)18-13/h3-6,9H,7-8H2,1-2H3. The molecule has 0 aliphatic carbocycles. The number of carbonyl (C=O) groups is 1. The molecule has 0 N–H and O–H groups in total. The number of benzene rings is 1. The van der Waals surface area contributed by atoms with E-state index >= 15 is 0 Å². The summed E-state index contributed by atoms with van der Waals surface area (Å²) in [6.07, 6.45) is 0. The third-order valence-electron chi connectivity index (χ3n) is 3.02. The number of thiazole rings is 1. The summed E-state index contributed by atoms with van der Waals surface area (Å²) in [6, 6.07) is 6.79. The van der Waals surface area contributed by atoms with E-state index in [1.807, 2.05) is 12.3 Å². The van der Waals surface area contributed by atoms with Gasteiger partial charge in [-0.1, -0.05) is 11.2 Å². The van der Waals surface area contributed by atoms with E-state index in [9.17, 15) is 4.79 Å². The lowest BCUT2D eigenvalue weighted by atomic mass is 10.2. The van der Waals surface area contributed by atoms with Crippen LogP contribution in [0, 0.1) is 13.8 Å². The molecule has 0 fully saturated rings. The lowest BCUT2D eigenvalue weighted by Crippen LogP contribution is -2.06. The summed E-state index contributed by atoms with van der Waals surface area (Å²) in [5.41, 5.74) is 1.25. The molecule has 0 aliphatic heterocycles. The molecule has 1 aromatic carbocycles. The Hall–Kier alpha value is -2.74. The van der Waals surface area contributed by atoms with Crippen LogP contribution in [0.5, 0.6) is 5.75 Å². The normalized spacial score (nSPS) is 10.6. The Morgan fingerprint density at radius 3 is 2.83 bits per heavy atom. The molecule has 0 saturated carbocycles. The maximum Gasteiger partial charge on any atom is 0.338 e. The number of rotatable bonds is 6. The fourth-order valence-electron chi connectivity index (χ4n) is 1.95. The summed E-state index contributed by atoms with van der Waals surface area (Å²) in [5.74, 6) is 0.838. The number of hydrogen-bond acceptors (Lipinski definition) is 8. The number of ether oxygens (including phenoxy) is 2. The minimum atomic E-state index is -0.485. The molecule has 0 spiro atoms. The van der Waals surface area contributed by atoms with Gasteiger partial charge in [0.1, 0.15) is 12.4 Å². The van der Waals surface area contributed by atoms with Crippen LogP contribution in [0.2, 0.25) is 0 Å². The number of hydrogen-bond donors (Lipinski definition) is 0. The average molecular weight is 345 g/mol. The molecule has 0 bridgehead atoms. The van der Waals surface area contributed by atoms with Crippen molar-refractivity contribution in [2.24, 2.45) is 0 Å². The van der Waals surface area contributed by atoms with Crippen molar-refractivity contribution in [3.05, 3.63) is 57.6 Å². The number of aryl methyl sites for hydroxylation is 2. The highest BCUT2D eigenvalue weighted by molar-refractivity contribution is 7.09. The first-order chi connectivity index (χ1) is 11.6. The zero-order valence-corrected chi connectivity index (χ0v) is 14.0. The number of carbonyl (C=O) groups excluding carboxylic acids is 1. The number of nitrogens with zero attached hydrogens (tertiary/aromatic N) is 3. The predicted octanol–water partition coefficient (Wildman–Crippen LogP) is 3.08. The largest absolute Gasteiger partial charge is 0.487 e. The summed E-state index contributed by atoms with van der Waals surface area (Å²) < 4.78 is 15.7. The Kier molecular flexibility index (Phi) is 4.85. The van der Waals surface area contributed by atoms with E-state index in [0.717, 1.165) is 10.7 Å². The predicted molar refractivity (Wildman–Crippen MR) is 85.8 cm³/mol. The van der Waals surface area contributed by atoms with Gasteiger partial charge < -0.3 is 14.0 Å². The van der Waals surface area contributed by atoms with Crippen LogP contribution in [0.15, 0.2) is 34.2 Å². The van der Waals surface area contributed by atoms with E-state index in [1.54, 1.807) is 42.5 Å². The molecule has 8 heteroatoms. The van der Waals surface area contributed by atoms with Gasteiger partial charge in [-0.25, -0.2) is 9.78 Å². The Bertz CT molecular complexity index is 843. The van der Waals surface area contributed by atoms with Crippen LogP contribution in [0.25, 0.3) is 0 Å². The number of esters is 1. The molecule has 0 saturated heterocycles. The van der Waals surface area contributed by atoms with Crippen molar-refractivity contribution in [3.8, 4) is 5.75 Å². The monoisotopic (exact) mass is 345 g/mol. The van der Waals surface area contributed by atoms with Crippen molar-refractivity contribution in [1.29, 1.82) is 0 Å². The van der Waals surface area contributed by atoms with Gasteiger partial charge in [0.05, 0.1) is 16.3 Å². The molecule has 0 amide bonds. The van der Waals surface area contributed by atoms with Crippen LogP contribution in [-0.2, 0) is 18.0 Å². The van der Waals surface area contributed by atoms with E-state index < -0.39 is 5.97 Å². The van der Waals surface area contributed by atoms with Crippen LogP contribution >= 0.6 is 11.3 Å². The summed E-state index contributed by atoms with van der Waals surface area (Å²) in [4.78, 5) is 20.4. The Balaban J connectivity index is 1.58. The molecule has 3 aromatic rings. The van der Waals surface area contributed by atoms with Crippen molar-refractivity contribution < 1.29 is 18.8 Å². The van der Waals surface area contributed by atoms with Crippen molar-refractivity contribution in [2.75, 3.05) is 0 Å². The highest BCUT2D eigenvalue weighted by Crippen LogP contribution is 2.17. The summed E-state index contributed by atoms with van der Waals surface area (Å²) in [5, 5.41) is 6.57. The van der Waals surface area contributed by atoms with Gasteiger partial charge in [0.2, 0.25) is 0 Å². The third-order valence-corrected chi connectivity index (χ3v) is 3.84. The van der Waals surface area contributed by atoms with Crippen molar-refractivity contribution in [1.82, 2.24) is 15.1 Å². The van der Waals surface area contributed by atoms with Gasteiger partial charge in [-0.2, -0.15) is 4.98 Å². The van der Waals surface area contributed by atoms with Crippen LogP contribution in [0.4, 0.5) is 0 Å². The second-order valence-corrected chi connectivity index (χ2v) is 6.05. The molecule has 3 rings (SSSR count). The first-order valence-electron chi connectivity index (χ1n) is 7.20. The Labute approximate surface area is 142 Å². The van der Waals surface area contributed by atoms with Gasteiger partial charge in [0, 0.05) is 5.38 Å². The van der Waals surface area contributed by atoms with Gasteiger partial charge in [0.25, 0.3) is 5.89 Å². The summed E-state index contributed by atoms with van der Waals surface area (Å²) >= 11 is 1.57. The van der Waals surface area contributed by atoms with Gasteiger partial charge >= 0.3 is 5.97 Å². The Morgan fingerprint density at radius 2 is 2.12 bits per heavy atom. The molecular formula is C16H15N3O4S. The number of aromatic nitrogens is 3. The molecular weight excluding hydrogens is 330 g/mol. The van der Waals surface area contributed by atoms with E-state index in [0.29, 0.717) is 23.7 Å². The lowest BCUT2D eigenvalue weighted by molar-refractivity contribution is 0.0429. The highest BCUT2D eigenvalue weighted by Gasteiger charge is 2.11. The third kappa shape index (κ3) is 4.17. The zero-order valence-electron chi connectivity index (χ0n) is 13.2. The minimum Gasteiger partial charge on any atom is -0.487 e. The minimum absolute atomic E-state index is 0.0666. The van der Waals surface area contributed by atoms with Crippen LogP contribution in [0.1, 0.15) is 32.8 Å². The SMILES string of the molecule is Cc1noc(COC(=O)c2cccc(OCc3csc(C)n3)c2)n1. The molecule has 2 heterocycles. The van der Waals surface area contributed by atoms with Gasteiger partial charge in [-0.05, 0) is 32.0 Å². The first-order valence-corrected chi connectivity index (χ1v) is 8.08. The molecule has 0 radical (unpaired) electrons. The van der Waals surface area contributed by atoms with E-state index in [1.165, 1.54) is 0 Å². The van der Waals surface area contributed by atoms with Gasteiger partial charge in [0.15, 0.2) is 12.4 Å². The topological polar surface area (TPSA) is 87.3 Å². The lowest BCUT2D eigenvalue weighted by Gasteiger charge is -2.06. The summed E-state index contributed by atoms with van der Waals surface area (Å²) in [7, 11) is 0. The van der Waals surface area contributed by atoms with Crippen LogP contribution < -0.4 is 4.74 Å². The molecule has 0 aliphatic rings. The Morgan fingerprint density at radius 1 is 1.25 bits per heavy atom. The second kappa shape index (κ2) is 7.22. The fraction of sp³-hybridized carbons (Fsp3) is 0.250. The van der Waals surface area contributed by atoms with E-state index in [-0.39, 0.29) is 12.5 Å². The average Bonchev–Trinajstić information content (AvgIpc) is 3.19. The zero-order chi connectivity index (χ0) is 16.9. The molecule has 7 nitrogen and oxygen atoms in total. The smallest absolute Gasteiger partial charge is 0.338 e. The van der Waals surface area contributed by atoms with E-state index in [4.69, 9.17) is 14.0 Å². The van der Waals surface area contributed by atoms with Crippen LogP contribution in [-0.4, -0.2) is 21.1 Å². The van der Waals surface area contributed by atoms with Gasteiger partial charge in [-0.3, -0.25) is 0 Å². The molecule has 0 unspecified atom stereocenters. The second-order valence-electron chi connectivity index (χ2n) is 4.99. The maximum absolute atomic E-state index is 12.1. The molecule has 0 atom stereocenters. The first kappa shape index (κ1) is 16.1. The maximum atomic E-state index is 12.1.